The summed E-state index contributed by atoms with van der Waals surface area (Å²) in [5.74, 6) is -0.162. The summed E-state index contributed by atoms with van der Waals surface area (Å²) in [6.07, 6.45) is 2.06. The monoisotopic (exact) mass is 254 g/mol. The van der Waals surface area contributed by atoms with Crippen LogP contribution in [0.3, 0.4) is 0 Å². The predicted molar refractivity (Wildman–Crippen MR) is 73.9 cm³/mol. The van der Waals surface area contributed by atoms with Crippen LogP contribution in [0.5, 0.6) is 0 Å². The molecule has 0 aliphatic carbocycles. The second-order valence-corrected chi connectivity index (χ2v) is 4.25. The number of hydrogen-bond acceptors (Lipinski definition) is 4. The fourth-order valence-corrected chi connectivity index (χ4v) is 1.81. The first kappa shape index (κ1) is 12.8. The van der Waals surface area contributed by atoms with Crippen LogP contribution in [-0.2, 0) is 4.79 Å². The minimum Gasteiger partial charge on any atom is -0.399 e. The van der Waals surface area contributed by atoms with Crippen LogP contribution in [-0.4, -0.2) is 23.2 Å². The van der Waals surface area contributed by atoms with E-state index in [0.29, 0.717) is 23.5 Å². The normalized spacial score (nSPS) is 16.6. The average molecular weight is 254 g/mol. The lowest BCUT2D eigenvalue weighted by Gasteiger charge is -2.08. The second-order valence-electron chi connectivity index (χ2n) is 4.25. The van der Waals surface area contributed by atoms with Gasteiger partial charge in [-0.05, 0) is 30.7 Å². The number of nitriles is 1. The third-order valence-corrected chi connectivity index (χ3v) is 2.81. The van der Waals surface area contributed by atoms with Crippen molar-refractivity contribution in [3.05, 3.63) is 35.4 Å². The van der Waals surface area contributed by atoms with E-state index in [1.54, 1.807) is 25.1 Å². The van der Waals surface area contributed by atoms with E-state index in [0.717, 1.165) is 5.56 Å². The van der Waals surface area contributed by atoms with Gasteiger partial charge in [0.25, 0.3) is 5.91 Å². The molecule has 0 saturated heterocycles. The molecule has 0 radical (unpaired) electrons. The van der Waals surface area contributed by atoms with Crippen LogP contribution in [0.4, 0.5) is 5.69 Å². The van der Waals surface area contributed by atoms with Crippen molar-refractivity contribution < 1.29 is 4.79 Å². The number of amides is 1. The molecule has 0 fully saturated rings. The molecule has 0 saturated carbocycles. The van der Waals surface area contributed by atoms with Gasteiger partial charge < -0.3 is 5.73 Å². The molecule has 0 aromatic heterocycles. The molecule has 1 aliphatic rings. The van der Waals surface area contributed by atoms with Crippen molar-refractivity contribution in [2.45, 2.75) is 13.3 Å². The van der Waals surface area contributed by atoms with Crippen LogP contribution in [0.15, 0.2) is 34.9 Å². The van der Waals surface area contributed by atoms with E-state index in [4.69, 9.17) is 11.0 Å². The fourth-order valence-electron chi connectivity index (χ4n) is 1.81. The highest BCUT2D eigenvalue weighted by Gasteiger charge is 2.26. The van der Waals surface area contributed by atoms with Crippen LogP contribution < -0.4 is 5.73 Å². The highest BCUT2D eigenvalue weighted by molar-refractivity contribution is 6.26. The van der Waals surface area contributed by atoms with Gasteiger partial charge in [0.05, 0.1) is 30.3 Å². The Hall–Kier alpha value is -2.61. The topological polar surface area (TPSA) is 82.5 Å². The largest absolute Gasteiger partial charge is 0.399 e. The van der Waals surface area contributed by atoms with Crippen molar-refractivity contribution in [3.63, 3.8) is 0 Å². The zero-order chi connectivity index (χ0) is 13.8. The Morgan fingerprint density at radius 3 is 2.74 bits per heavy atom. The Labute approximate surface area is 111 Å². The van der Waals surface area contributed by atoms with Crippen LogP contribution in [0, 0.1) is 11.3 Å². The summed E-state index contributed by atoms with van der Waals surface area (Å²) >= 11 is 0. The van der Waals surface area contributed by atoms with Gasteiger partial charge in [-0.2, -0.15) is 10.4 Å². The van der Waals surface area contributed by atoms with Crippen molar-refractivity contribution in [2.24, 2.45) is 5.10 Å². The van der Waals surface area contributed by atoms with Gasteiger partial charge in [-0.1, -0.05) is 12.1 Å². The minimum atomic E-state index is -0.162. The maximum atomic E-state index is 12.1. The van der Waals surface area contributed by atoms with Crippen molar-refractivity contribution in [3.8, 4) is 6.07 Å². The Morgan fingerprint density at radius 1 is 1.42 bits per heavy atom. The molecule has 0 atom stereocenters. The molecule has 1 aromatic rings. The van der Waals surface area contributed by atoms with E-state index in [2.05, 4.69) is 5.10 Å². The fraction of sp³-hybridized carbons (Fsp3) is 0.214. The molecule has 1 aliphatic heterocycles. The molecule has 1 aromatic carbocycles. The van der Waals surface area contributed by atoms with E-state index in [1.807, 2.05) is 18.2 Å². The number of benzene rings is 1. The summed E-state index contributed by atoms with van der Waals surface area (Å²) in [6.45, 7) is 2.11. The van der Waals surface area contributed by atoms with Gasteiger partial charge in [-0.3, -0.25) is 4.79 Å². The Balaban J connectivity index is 2.22. The number of hydrazone groups is 1. The Kier molecular flexibility index (Phi) is 3.62. The lowest BCUT2D eigenvalue weighted by Crippen LogP contribution is -2.22. The standard InChI is InChI=1S/C14H14N4O/c1-10-13(9-11-3-5-12(16)6-4-11)14(19)18(17-10)8-2-7-15/h3-6,9H,2,8,16H2,1H3/b13-9-. The Bertz CT molecular complexity index is 593. The highest BCUT2D eigenvalue weighted by atomic mass is 16.2. The number of rotatable bonds is 3. The zero-order valence-electron chi connectivity index (χ0n) is 10.6. The predicted octanol–water partition coefficient (Wildman–Crippen LogP) is 1.78. The van der Waals surface area contributed by atoms with Crippen LogP contribution in [0.2, 0.25) is 0 Å². The maximum absolute atomic E-state index is 12.1. The van der Waals surface area contributed by atoms with E-state index >= 15 is 0 Å². The molecule has 2 rings (SSSR count). The van der Waals surface area contributed by atoms with Gasteiger partial charge in [0, 0.05) is 5.69 Å². The number of anilines is 1. The van der Waals surface area contributed by atoms with E-state index in [-0.39, 0.29) is 12.3 Å². The van der Waals surface area contributed by atoms with Crippen molar-refractivity contribution in [2.75, 3.05) is 12.3 Å². The number of nitrogens with zero attached hydrogens (tertiary/aromatic N) is 3. The number of hydrogen-bond donors (Lipinski definition) is 1. The molecule has 5 nitrogen and oxygen atoms in total. The molecule has 96 valence electrons. The summed E-state index contributed by atoms with van der Waals surface area (Å²) in [7, 11) is 0. The first-order valence-corrected chi connectivity index (χ1v) is 5.93. The first-order chi connectivity index (χ1) is 9.11. The Morgan fingerprint density at radius 2 is 2.11 bits per heavy atom. The van der Waals surface area contributed by atoms with Crippen LogP contribution >= 0.6 is 0 Å². The molecule has 19 heavy (non-hydrogen) atoms. The zero-order valence-corrected chi connectivity index (χ0v) is 10.6. The SMILES string of the molecule is CC1=NN(CCC#N)C(=O)/C1=C\c1ccc(N)cc1. The van der Waals surface area contributed by atoms with Crippen LogP contribution in [0.25, 0.3) is 6.08 Å². The smallest absolute Gasteiger partial charge is 0.275 e. The van der Waals surface area contributed by atoms with Gasteiger partial charge in [-0.15, -0.1) is 0 Å². The number of carbonyl (C=O) groups is 1. The molecular formula is C14H14N4O. The van der Waals surface area contributed by atoms with Gasteiger partial charge in [0.15, 0.2) is 0 Å². The third kappa shape index (κ3) is 2.80. The third-order valence-electron chi connectivity index (χ3n) is 2.81. The quantitative estimate of drug-likeness (QED) is 0.659. The van der Waals surface area contributed by atoms with Gasteiger partial charge >= 0.3 is 0 Å². The van der Waals surface area contributed by atoms with Crippen molar-refractivity contribution in [1.29, 1.82) is 5.26 Å². The van der Waals surface area contributed by atoms with E-state index in [1.165, 1.54) is 5.01 Å². The second kappa shape index (κ2) is 5.36. The average Bonchev–Trinajstić information content (AvgIpc) is 2.66. The first-order valence-electron chi connectivity index (χ1n) is 5.93. The van der Waals surface area contributed by atoms with Crippen molar-refractivity contribution in [1.82, 2.24) is 5.01 Å². The maximum Gasteiger partial charge on any atom is 0.275 e. The molecule has 0 unspecified atom stereocenters. The van der Waals surface area contributed by atoms with Crippen LogP contribution in [0.1, 0.15) is 18.9 Å². The van der Waals surface area contributed by atoms with Gasteiger partial charge in [-0.25, -0.2) is 5.01 Å². The summed E-state index contributed by atoms with van der Waals surface area (Å²) in [6, 6.07) is 9.27. The molecular weight excluding hydrogens is 240 g/mol. The summed E-state index contributed by atoms with van der Waals surface area (Å²) in [5, 5.41) is 14.0. The highest BCUT2D eigenvalue weighted by Crippen LogP contribution is 2.19. The number of carbonyl (C=O) groups excluding carboxylic acids is 1. The van der Waals surface area contributed by atoms with Gasteiger partial charge in [0.2, 0.25) is 0 Å². The molecule has 1 amide bonds. The summed E-state index contributed by atoms with van der Waals surface area (Å²) < 4.78 is 0. The number of nitrogen functional groups attached to an aromatic ring is 1. The van der Waals surface area contributed by atoms with Crippen molar-refractivity contribution >= 4 is 23.4 Å². The lowest BCUT2D eigenvalue weighted by molar-refractivity contribution is -0.125. The minimum absolute atomic E-state index is 0.162. The summed E-state index contributed by atoms with van der Waals surface area (Å²) in [5.41, 5.74) is 8.42. The molecule has 0 bridgehead atoms. The molecule has 1 heterocycles. The van der Waals surface area contributed by atoms with Gasteiger partial charge in [0.1, 0.15) is 0 Å². The molecule has 5 heteroatoms. The van der Waals surface area contributed by atoms with E-state index < -0.39 is 0 Å². The van der Waals surface area contributed by atoms with E-state index in [9.17, 15) is 4.79 Å². The molecule has 2 N–H and O–H groups in total. The number of nitrogens with two attached hydrogens (primary N) is 1. The lowest BCUT2D eigenvalue weighted by atomic mass is 10.1. The summed E-state index contributed by atoms with van der Waals surface area (Å²) in [4.78, 5) is 12.1. The molecule has 0 spiro atoms.